The Kier molecular flexibility index (Phi) is 16.9. The molecule has 1 N–H and O–H groups in total. The predicted octanol–water partition coefficient (Wildman–Crippen LogP) is 11.3. The summed E-state index contributed by atoms with van der Waals surface area (Å²) < 4.78 is 0. The molecule has 0 aromatic heterocycles. The molecule has 320 valence electrons. The zero-order chi connectivity index (χ0) is 43.7. The van der Waals surface area contributed by atoms with Gasteiger partial charge in [-0.15, -0.1) is 32.3 Å². The van der Waals surface area contributed by atoms with Crippen molar-refractivity contribution in [3.63, 3.8) is 0 Å². The van der Waals surface area contributed by atoms with Gasteiger partial charge in [-0.1, -0.05) is 79.2 Å². The molecule has 4 saturated carbocycles. The summed E-state index contributed by atoms with van der Waals surface area (Å²) in [5.74, 6) is 1.83. The van der Waals surface area contributed by atoms with Crippen molar-refractivity contribution in [3.8, 4) is 25.7 Å². The molecular formula is C52H78N2O4. The Labute approximate surface area is 354 Å². The number of carbonyl (C=O) groups excluding carboxylic acids is 2. The number of carbonyl (C=O) groups is 3. The predicted molar refractivity (Wildman–Crippen MR) is 242 cm³/mol. The molecule has 4 unspecified atom stereocenters. The fourth-order valence-corrected chi connectivity index (χ4v) is 13.7. The van der Waals surface area contributed by atoms with E-state index in [4.69, 9.17) is 0 Å². The van der Waals surface area contributed by atoms with Crippen molar-refractivity contribution in [2.75, 3.05) is 33.2 Å². The van der Waals surface area contributed by atoms with Crippen LogP contribution in [0.3, 0.4) is 0 Å². The van der Waals surface area contributed by atoms with Crippen LogP contribution in [0, 0.1) is 82.4 Å². The van der Waals surface area contributed by atoms with E-state index in [0.29, 0.717) is 41.7 Å². The van der Waals surface area contributed by atoms with E-state index in [1.165, 1.54) is 49.7 Å². The molecule has 7 rings (SSSR count). The fourth-order valence-electron chi connectivity index (χ4n) is 13.7. The van der Waals surface area contributed by atoms with Gasteiger partial charge >= 0.3 is 5.97 Å². The molecule has 1 amide bonds. The SMILES string of the molecule is C#C.C#C.C=CC.CC1(C)C(c2ccc(C(=O)O)cc2)=CC[C@@]2(C)C1CC[C@]1(C)C2CC[C@@H]2C3CCC[C@]3(C(=O)N3CCCC(C=O)C3)CC[C@]21C.CCN(C)CC. The number of aromatic carboxylic acids is 1. The number of allylic oxidation sites excluding steroid dienone is 3. The number of nitrogens with zero attached hydrogens (tertiary/aromatic N) is 2. The van der Waals surface area contributed by atoms with Crippen LogP contribution in [0.1, 0.15) is 148 Å². The van der Waals surface area contributed by atoms with Crippen LogP contribution < -0.4 is 0 Å². The van der Waals surface area contributed by atoms with Gasteiger partial charge in [-0.25, -0.2) is 4.79 Å². The van der Waals surface area contributed by atoms with Gasteiger partial charge in [-0.05, 0) is 166 Å². The number of benzene rings is 1. The Morgan fingerprint density at radius 1 is 0.845 bits per heavy atom. The first-order chi connectivity index (χ1) is 27.5. The first-order valence-electron chi connectivity index (χ1n) is 22.3. The lowest BCUT2D eigenvalue weighted by molar-refractivity contribution is -0.224. The standard InChI is InChI=1S/C40H55NO4.C5H13N.C3H6.2C2H2/c1-36(2)29(27-10-12-28(13-11-27)34(43)44)16-19-37(3)32(36)17-20-39(5)33(37)15-14-30-31-9-6-18-40(31,22-21-38(30,39)4)35(45)41-23-7-8-26(24-41)25-42;1-4-6(3)5-2;1-3-2;2*1-2/h10-13,16,25-26,30-33H,6-9,14-15,17-24H2,1-5H3,(H,43,44);4-5H2,1-3H3;3H,1H2,2H3;2*1-2H/t26?,30-,31?,32?,33?,37+,38-,39-,40+;;;;/m1..../s1. The normalized spacial score (nSPS) is 35.2. The van der Waals surface area contributed by atoms with E-state index >= 15 is 0 Å². The maximum atomic E-state index is 14.4. The molecule has 5 aliphatic carbocycles. The lowest BCUT2D eigenvalue weighted by Gasteiger charge is -2.72. The van der Waals surface area contributed by atoms with Crippen molar-refractivity contribution >= 4 is 23.7 Å². The van der Waals surface area contributed by atoms with Crippen molar-refractivity contribution in [3.05, 3.63) is 54.1 Å². The summed E-state index contributed by atoms with van der Waals surface area (Å²) in [4.78, 5) is 42.0. The minimum Gasteiger partial charge on any atom is -0.478 e. The summed E-state index contributed by atoms with van der Waals surface area (Å²) in [7, 11) is 2.11. The number of fused-ring (bicyclic) bond motifs is 7. The van der Waals surface area contributed by atoms with Crippen molar-refractivity contribution in [1.29, 1.82) is 0 Å². The number of likely N-dealkylation sites (tertiary alicyclic amines) is 1. The molecule has 0 bridgehead atoms. The van der Waals surface area contributed by atoms with Gasteiger partial charge in [0.1, 0.15) is 6.29 Å². The van der Waals surface area contributed by atoms with Gasteiger partial charge in [0.05, 0.1) is 11.0 Å². The molecule has 0 radical (unpaired) electrons. The summed E-state index contributed by atoms with van der Waals surface area (Å²) in [5, 5.41) is 9.44. The number of hydrogen-bond acceptors (Lipinski definition) is 4. The molecule has 6 heteroatoms. The molecule has 9 atom stereocenters. The van der Waals surface area contributed by atoms with Crippen LogP contribution in [0.4, 0.5) is 0 Å². The van der Waals surface area contributed by atoms with Crippen molar-refractivity contribution in [1.82, 2.24) is 9.80 Å². The smallest absolute Gasteiger partial charge is 0.335 e. The van der Waals surface area contributed by atoms with Crippen LogP contribution in [0.15, 0.2) is 43.0 Å². The van der Waals surface area contributed by atoms with Crippen molar-refractivity contribution in [2.45, 2.75) is 132 Å². The van der Waals surface area contributed by atoms with Gasteiger partial charge in [0.2, 0.25) is 5.91 Å². The molecule has 1 heterocycles. The fraction of sp³-hybridized carbons (Fsp3) is 0.673. The summed E-state index contributed by atoms with van der Waals surface area (Å²) in [6, 6.07) is 7.54. The van der Waals surface area contributed by atoms with Crippen molar-refractivity contribution in [2.24, 2.45) is 56.7 Å². The minimum absolute atomic E-state index is 0.00420. The monoisotopic (exact) mass is 795 g/mol. The topological polar surface area (TPSA) is 77.9 Å². The van der Waals surface area contributed by atoms with Gasteiger partial charge in [0.25, 0.3) is 0 Å². The highest BCUT2D eigenvalue weighted by atomic mass is 16.4. The Balaban J connectivity index is 0.000000614. The van der Waals surface area contributed by atoms with Gasteiger partial charge < -0.3 is 19.7 Å². The lowest BCUT2D eigenvalue weighted by Crippen LogP contribution is -2.66. The number of carboxylic acids is 1. The third-order valence-electron chi connectivity index (χ3n) is 16.8. The second kappa shape index (κ2) is 20.1. The van der Waals surface area contributed by atoms with E-state index in [9.17, 15) is 19.5 Å². The maximum Gasteiger partial charge on any atom is 0.335 e. The molecule has 6 nitrogen and oxygen atoms in total. The van der Waals surface area contributed by atoms with Gasteiger partial charge in [-0.2, -0.15) is 0 Å². The third-order valence-corrected chi connectivity index (χ3v) is 16.8. The molecule has 6 aliphatic rings. The first kappa shape index (κ1) is 48.8. The Morgan fingerprint density at radius 3 is 2.02 bits per heavy atom. The summed E-state index contributed by atoms with van der Waals surface area (Å²) >= 11 is 0. The number of amides is 1. The van der Waals surface area contributed by atoms with Crippen LogP contribution in [-0.4, -0.2) is 66.3 Å². The molecule has 0 spiro atoms. The number of terminal acetylenes is 2. The second-order valence-corrected chi connectivity index (χ2v) is 19.4. The second-order valence-electron chi connectivity index (χ2n) is 19.4. The van der Waals surface area contributed by atoms with Crippen molar-refractivity contribution < 1.29 is 19.5 Å². The number of aldehydes is 1. The number of rotatable bonds is 6. The van der Waals surface area contributed by atoms with E-state index in [0.717, 1.165) is 64.4 Å². The van der Waals surface area contributed by atoms with E-state index in [1.807, 2.05) is 19.1 Å². The first-order valence-corrected chi connectivity index (χ1v) is 22.3. The highest BCUT2D eigenvalue weighted by Gasteiger charge is 2.70. The van der Waals surface area contributed by atoms with Crippen LogP contribution in [-0.2, 0) is 9.59 Å². The van der Waals surface area contributed by atoms with Gasteiger partial charge in [0, 0.05) is 19.0 Å². The molecular weight excluding hydrogens is 717 g/mol. The number of piperidine rings is 1. The summed E-state index contributed by atoms with van der Waals surface area (Å²) in [5.41, 5.74) is 3.38. The van der Waals surface area contributed by atoms with E-state index in [2.05, 4.69) is 104 Å². The number of hydrogen-bond donors (Lipinski definition) is 1. The maximum absolute atomic E-state index is 14.4. The molecule has 1 aromatic carbocycles. The lowest BCUT2D eigenvalue weighted by atomic mass is 9.32. The van der Waals surface area contributed by atoms with E-state index in [-0.39, 0.29) is 33.0 Å². The highest BCUT2D eigenvalue weighted by Crippen LogP contribution is 2.77. The quantitative estimate of drug-likeness (QED) is 0.176. The summed E-state index contributed by atoms with van der Waals surface area (Å²) in [6.07, 6.45) is 34.9. The zero-order valence-electron chi connectivity index (χ0n) is 37.8. The highest BCUT2D eigenvalue weighted by molar-refractivity contribution is 5.88. The molecule has 5 fully saturated rings. The molecule has 1 aromatic rings. The van der Waals surface area contributed by atoms with Crippen LogP contribution in [0.25, 0.3) is 5.57 Å². The molecule has 1 aliphatic heterocycles. The Hall–Kier alpha value is -3.61. The van der Waals surface area contributed by atoms with Gasteiger partial charge in [-0.3, -0.25) is 4.79 Å². The van der Waals surface area contributed by atoms with E-state index in [1.54, 1.807) is 18.2 Å². The largest absolute Gasteiger partial charge is 0.478 e. The zero-order valence-corrected chi connectivity index (χ0v) is 37.8. The molecule has 58 heavy (non-hydrogen) atoms. The summed E-state index contributed by atoms with van der Waals surface area (Å²) in [6.45, 7) is 26.1. The third kappa shape index (κ3) is 8.66. The average molecular weight is 795 g/mol. The average Bonchev–Trinajstić information content (AvgIpc) is 3.68. The minimum atomic E-state index is -0.873. The van der Waals surface area contributed by atoms with Crippen LogP contribution >= 0.6 is 0 Å². The molecule has 1 saturated heterocycles. The van der Waals surface area contributed by atoms with Crippen LogP contribution in [0.5, 0.6) is 0 Å². The number of carboxylic acid groups (broad SMARTS) is 1. The van der Waals surface area contributed by atoms with Gasteiger partial charge in [0.15, 0.2) is 0 Å². The van der Waals surface area contributed by atoms with Crippen LogP contribution in [0.2, 0.25) is 0 Å². The van der Waals surface area contributed by atoms with E-state index < -0.39 is 5.97 Å². The Bertz CT molecular complexity index is 1630. The Morgan fingerprint density at radius 2 is 1.47 bits per heavy atom.